The highest BCUT2D eigenvalue weighted by Crippen LogP contribution is 2.30. The van der Waals surface area contributed by atoms with Gasteiger partial charge < -0.3 is 5.73 Å². The molecule has 1 aliphatic rings. The molecule has 0 aliphatic carbocycles. The third-order valence-corrected chi connectivity index (χ3v) is 5.58. The lowest BCUT2D eigenvalue weighted by Crippen LogP contribution is -2.40. The second kappa shape index (κ2) is 5.47. The standard InChI is InChI=1S/C12H14ClN3O2S/c13-11-4-1-5-12(10(11)8-15)19(17,18)16-6-2-3-9(16)7-14/h1,4-5,9H,2-3,6-7,14H2. The van der Waals surface area contributed by atoms with Crippen molar-refractivity contribution in [2.45, 2.75) is 23.8 Å². The maximum absolute atomic E-state index is 12.6. The van der Waals surface area contributed by atoms with E-state index in [1.54, 1.807) is 0 Å². The summed E-state index contributed by atoms with van der Waals surface area (Å²) >= 11 is 5.88. The second-order valence-electron chi connectivity index (χ2n) is 4.37. The van der Waals surface area contributed by atoms with Crippen LogP contribution in [0, 0.1) is 11.3 Å². The maximum Gasteiger partial charge on any atom is 0.244 e. The first-order valence-corrected chi connectivity index (χ1v) is 7.74. The average Bonchev–Trinajstić information content (AvgIpc) is 2.87. The molecule has 7 heteroatoms. The number of hydrogen-bond acceptors (Lipinski definition) is 4. The SMILES string of the molecule is N#Cc1c(Cl)cccc1S(=O)(=O)N1CCCC1CN. The second-order valence-corrected chi connectivity index (χ2v) is 6.64. The number of nitrogens with two attached hydrogens (primary N) is 1. The van der Waals surface area contributed by atoms with Gasteiger partial charge in [-0.25, -0.2) is 8.42 Å². The minimum absolute atomic E-state index is 0.00756. The number of sulfonamides is 1. The van der Waals surface area contributed by atoms with Crippen molar-refractivity contribution in [3.63, 3.8) is 0 Å². The van der Waals surface area contributed by atoms with Gasteiger partial charge in [0.1, 0.15) is 11.0 Å². The van der Waals surface area contributed by atoms with Crippen LogP contribution in [-0.2, 0) is 10.0 Å². The summed E-state index contributed by atoms with van der Waals surface area (Å²) in [6.45, 7) is 0.712. The van der Waals surface area contributed by atoms with Crippen LogP contribution in [0.15, 0.2) is 23.1 Å². The number of hydrogen-bond donors (Lipinski definition) is 1. The van der Waals surface area contributed by atoms with E-state index < -0.39 is 10.0 Å². The van der Waals surface area contributed by atoms with Crippen LogP contribution < -0.4 is 5.73 Å². The van der Waals surface area contributed by atoms with Gasteiger partial charge in [-0.2, -0.15) is 9.57 Å². The molecule has 1 unspecified atom stereocenters. The van der Waals surface area contributed by atoms with E-state index in [-0.39, 0.29) is 28.1 Å². The van der Waals surface area contributed by atoms with Crippen LogP contribution in [0.5, 0.6) is 0 Å². The molecule has 1 aromatic rings. The van der Waals surface area contributed by atoms with Gasteiger partial charge in [0.25, 0.3) is 0 Å². The fourth-order valence-electron chi connectivity index (χ4n) is 2.32. The van der Waals surface area contributed by atoms with Gasteiger partial charge >= 0.3 is 0 Å². The number of nitrogens with zero attached hydrogens (tertiary/aromatic N) is 2. The molecule has 0 amide bonds. The Morgan fingerprint density at radius 2 is 2.26 bits per heavy atom. The van der Waals surface area contributed by atoms with Crippen molar-refractivity contribution < 1.29 is 8.42 Å². The largest absolute Gasteiger partial charge is 0.329 e. The molecule has 1 aliphatic heterocycles. The minimum Gasteiger partial charge on any atom is -0.329 e. The van der Waals surface area contributed by atoms with Crippen molar-refractivity contribution in [1.29, 1.82) is 5.26 Å². The van der Waals surface area contributed by atoms with E-state index in [0.717, 1.165) is 12.8 Å². The third kappa shape index (κ3) is 2.47. The van der Waals surface area contributed by atoms with Gasteiger partial charge in [0, 0.05) is 19.1 Å². The lowest BCUT2D eigenvalue weighted by molar-refractivity contribution is 0.393. The molecule has 5 nitrogen and oxygen atoms in total. The van der Waals surface area contributed by atoms with Crippen molar-refractivity contribution in [3.05, 3.63) is 28.8 Å². The quantitative estimate of drug-likeness (QED) is 0.912. The molecule has 2 N–H and O–H groups in total. The number of rotatable bonds is 3. The maximum atomic E-state index is 12.6. The Hall–Kier alpha value is -1.13. The summed E-state index contributed by atoms with van der Waals surface area (Å²) in [5.74, 6) is 0. The van der Waals surface area contributed by atoms with Crippen molar-refractivity contribution in [2.24, 2.45) is 5.73 Å². The van der Waals surface area contributed by atoms with Gasteiger partial charge in [0.05, 0.1) is 10.6 Å². The summed E-state index contributed by atoms with van der Waals surface area (Å²) in [5, 5.41) is 9.23. The van der Waals surface area contributed by atoms with Crippen molar-refractivity contribution in [2.75, 3.05) is 13.1 Å². The Morgan fingerprint density at radius 3 is 2.89 bits per heavy atom. The van der Waals surface area contributed by atoms with Gasteiger partial charge in [0.2, 0.25) is 10.0 Å². The van der Waals surface area contributed by atoms with Gasteiger partial charge in [-0.3, -0.25) is 0 Å². The molecular weight excluding hydrogens is 286 g/mol. The highest BCUT2D eigenvalue weighted by molar-refractivity contribution is 7.89. The first kappa shape index (κ1) is 14.3. The molecule has 0 spiro atoms. The Kier molecular flexibility index (Phi) is 4.11. The highest BCUT2D eigenvalue weighted by atomic mass is 35.5. The Balaban J connectivity index is 2.52. The van der Waals surface area contributed by atoms with Gasteiger partial charge in [0.15, 0.2) is 0 Å². The Morgan fingerprint density at radius 1 is 1.53 bits per heavy atom. The Labute approximate surface area is 117 Å². The smallest absolute Gasteiger partial charge is 0.244 e. The van der Waals surface area contributed by atoms with Crippen LogP contribution in [0.25, 0.3) is 0 Å². The molecule has 0 saturated carbocycles. The summed E-state index contributed by atoms with van der Waals surface area (Å²) in [6.07, 6.45) is 1.53. The first-order valence-electron chi connectivity index (χ1n) is 5.93. The predicted octanol–water partition coefficient (Wildman–Crippen LogP) is 1.32. The third-order valence-electron chi connectivity index (χ3n) is 3.27. The van der Waals surface area contributed by atoms with E-state index in [2.05, 4.69) is 0 Å². The monoisotopic (exact) mass is 299 g/mol. The van der Waals surface area contributed by atoms with Crippen LogP contribution in [0.4, 0.5) is 0 Å². The molecule has 0 radical (unpaired) electrons. The van der Waals surface area contributed by atoms with Crippen molar-refractivity contribution in [3.8, 4) is 6.07 Å². The fourth-order valence-corrected chi connectivity index (χ4v) is 4.46. The van der Waals surface area contributed by atoms with Crippen LogP contribution in [0.2, 0.25) is 5.02 Å². The first-order chi connectivity index (χ1) is 9.02. The minimum atomic E-state index is -3.72. The summed E-state index contributed by atoms with van der Waals surface area (Å²) in [5.41, 5.74) is 5.59. The van der Waals surface area contributed by atoms with Crippen LogP contribution >= 0.6 is 11.6 Å². The normalized spacial score (nSPS) is 20.4. The topological polar surface area (TPSA) is 87.2 Å². The number of nitriles is 1. The summed E-state index contributed by atoms with van der Waals surface area (Å²) < 4.78 is 26.6. The predicted molar refractivity (Wildman–Crippen MR) is 72.1 cm³/mol. The zero-order chi connectivity index (χ0) is 14.0. The molecule has 1 atom stereocenters. The van der Waals surface area contributed by atoms with Crippen LogP contribution in [0.1, 0.15) is 18.4 Å². The molecular formula is C12H14ClN3O2S. The molecule has 0 aromatic heterocycles. The molecule has 2 rings (SSSR count). The molecule has 102 valence electrons. The molecule has 1 fully saturated rings. The lowest BCUT2D eigenvalue weighted by Gasteiger charge is -2.23. The molecule has 1 heterocycles. The van der Waals surface area contributed by atoms with Crippen molar-refractivity contribution in [1.82, 2.24) is 4.31 Å². The van der Waals surface area contributed by atoms with Gasteiger partial charge in [-0.15, -0.1) is 0 Å². The summed E-state index contributed by atoms with van der Waals surface area (Å²) in [6, 6.07) is 6.10. The highest BCUT2D eigenvalue weighted by Gasteiger charge is 2.36. The average molecular weight is 300 g/mol. The number of benzene rings is 1. The van der Waals surface area contributed by atoms with E-state index in [1.807, 2.05) is 6.07 Å². The zero-order valence-electron chi connectivity index (χ0n) is 10.2. The number of halogens is 1. The van der Waals surface area contributed by atoms with E-state index in [9.17, 15) is 8.42 Å². The van der Waals surface area contributed by atoms with Gasteiger partial charge in [-0.05, 0) is 25.0 Å². The Bertz CT molecular complexity index is 624. The summed E-state index contributed by atoms with van der Waals surface area (Å²) in [4.78, 5) is -0.0390. The fraction of sp³-hybridized carbons (Fsp3) is 0.417. The molecule has 1 aromatic carbocycles. The molecule has 1 saturated heterocycles. The van der Waals surface area contributed by atoms with Gasteiger partial charge in [-0.1, -0.05) is 17.7 Å². The molecule has 19 heavy (non-hydrogen) atoms. The summed E-state index contributed by atoms with van der Waals surface area (Å²) in [7, 11) is -3.72. The van der Waals surface area contributed by atoms with Crippen LogP contribution in [-0.4, -0.2) is 31.9 Å². The van der Waals surface area contributed by atoms with E-state index >= 15 is 0 Å². The van der Waals surface area contributed by atoms with E-state index in [0.29, 0.717) is 6.54 Å². The zero-order valence-corrected chi connectivity index (χ0v) is 11.8. The lowest BCUT2D eigenvalue weighted by atomic mass is 10.2. The van der Waals surface area contributed by atoms with Crippen molar-refractivity contribution >= 4 is 21.6 Å². The van der Waals surface area contributed by atoms with E-state index in [4.69, 9.17) is 22.6 Å². The molecule has 0 bridgehead atoms. The van der Waals surface area contributed by atoms with Crippen LogP contribution in [0.3, 0.4) is 0 Å². The van der Waals surface area contributed by atoms with E-state index in [1.165, 1.54) is 22.5 Å².